The van der Waals surface area contributed by atoms with Gasteiger partial charge in [-0.25, -0.2) is 24.0 Å². The Hall–Kier alpha value is -3.49. The van der Waals surface area contributed by atoms with E-state index in [0.29, 0.717) is 85.8 Å². The first-order valence-electron chi connectivity index (χ1n) is 16.6. The molecule has 4 aromatic rings. The van der Waals surface area contributed by atoms with E-state index in [-0.39, 0.29) is 51.7 Å². The monoisotopic (exact) mass is 643 g/mol. The minimum atomic E-state index is -2.18. The van der Waals surface area contributed by atoms with Crippen LogP contribution in [-0.4, -0.2) is 92.4 Å². The van der Waals surface area contributed by atoms with Crippen LogP contribution >= 0.6 is 0 Å². The van der Waals surface area contributed by atoms with Crippen LogP contribution in [0.3, 0.4) is 0 Å². The highest BCUT2D eigenvalue weighted by Crippen LogP contribution is 2.50. The van der Waals surface area contributed by atoms with Gasteiger partial charge in [0.25, 0.3) is 0 Å². The maximum Gasteiger partial charge on any atom is 0.175 e. The van der Waals surface area contributed by atoms with Crippen LogP contribution < -0.4 is 10.2 Å². The molecule has 0 amide bonds. The highest BCUT2D eigenvalue weighted by Gasteiger charge is 2.68. The lowest BCUT2D eigenvalue weighted by Crippen LogP contribution is -2.68. The van der Waals surface area contributed by atoms with Crippen LogP contribution in [0.4, 0.5) is 14.6 Å². The summed E-state index contributed by atoms with van der Waals surface area (Å²) < 4.78 is 37.5. The van der Waals surface area contributed by atoms with E-state index < -0.39 is 22.9 Å². The summed E-state index contributed by atoms with van der Waals surface area (Å²) in [6.45, 7) is 3.79. The fraction of sp³-hybridized carbons (Fsp3) is 0.500. The molecule has 4 saturated heterocycles. The van der Waals surface area contributed by atoms with E-state index in [2.05, 4.69) is 20.2 Å². The number of aryl methyl sites for hydroxylation is 1. The average molecular weight is 644 g/mol. The number of anilines is 1. The van der Waals surface area contributed by atoms with Crippen LogP contribution in [0.5, 0.6) is 5.75 Å². The molecule has 2 aromatic carbocycles. The third-order valence-electron chi connectivity index (χ3n) is 11.1. The summed E-state index contributed by atoms with van der Waals surface area (Å²) in [5.41, 5.74) is -2.69. The zero-order valence-electron chi connectivity index (χ0n) is 26.3. The molecule has 6 heterocycles. The van der Waals surface area contributed by atoms with Gasteiger partial charge >= 0.3 is 0 Å². The second-order valence-corrected chi connectivity index (χ2v) is 13.8. The normalized spacial score (nSPS) is 28.3. The second kappa shape index (κ2) is 11.0. The summed E-state index contributed by atoms with van der Waals surface area (Å²) in [6, 6.07) is 6.36. The quantitative estimate of drug-likeness (QED) is 0.133. The first-order chi connectivity index (χ1) is 22.5. The number of piperazine rings is 1. The maximum absolute atomic E-state index is 16.9. The molecule has 4 aliphatic rings. The third kappa shape index (κ3) is 4.73. The number of hydroxylamine groups is 3. The summed E-state index contributed by atoms with van der Waals surface area (Å²) in [5.74, 6) is -0.659. The Morgan fingerprint density at radius 1 is 1.13 bits per heavy atom. The number of hydrogen-bond donors (Lipinski definition) is 4. The Morgan fingerprint density at radius 2 is 1.85 bits per heavy atom. The SMILES string of the molecule is [B]C(O)(OCc1nc(N2CC3CCC(C2)N3)c2cnc(-c3cc(O)cc4ccc(F)c(CC)c34)c(F)c2n1)C12CCC[N+]1(O)CCC2. The number of pyridine rings is 1. The number of halogens is 2. The largest absolute Gasteiger partial charge is 0.508 e. The number of aliphatic hydroxyl groups is 1. The van der Waals surface area contributed by atoms with Crippen molar-refractivity contribution in [1.82, 2.24) is 20.3 Å². The third-order valence-corrected chi connectivity index (χ3v) is 11.1. The van der Waals surface area contributed by atoms with Gasteiger partial charge in [0, 0.05) is 62.6 Å². The van der Waals surface area contributed by atoms with E-state index in [0.717, 1.165) is 12.8 Å². The van der Waals surface area contributed by atoms with Crippen LogP contribution in [-0.2, 0) is 17.8 Å². The minimum absolute atomic E-state index is 0.0110. The van der Waals surface area contributed by atoms with Gasteiger partial charge in [0.05, 0.1) is 5.39 Å². The molecule has 0 aliphatic carbocycles. The van der Waals surface area contributed by atoms with Crippen LogP contribution in [0.25, 0.3) is 32.9 Å². The highest BCUT2D eigenvalue weighted by molar-refractivity contribution is 6.14. The Morgan fingerprint density at radius 3 is 2.55 bits per heavy atom. The minimum Gasteiger partial charge on any atom is -0.508 e. The van der Waals surface area contributed by atoms with Gasteiger partial charge in [0.15, 0.2) is 30.7 Å². The number of ether oxygens (including phenoxy) is 1. The van der Waals surface area contributed by atoms with Crippen molar-refractivity contribution in [2.24, 2.45) is 0 Å². The number of aromatic hydroxyl groups is 1. The highest BCUT2D eigenvalue weighted by atomic mass is 19.1. The van der Waals surface area contributed by atoms with Crippen LogP contribution in [0, 0.1) is 11.6 Å². The molecule has 244 valence electrons. The Balaban J connectivity index is 1.25. The average Bonchev–Trinajstić information content (AvgIpc) is 3.69. The molecule has 3 unspecified atom stereocenters. The number of rotatable bonds is 7. The van der Waals surface area contributed by atoms with Crippen molar-refractivity contribution in [3.05, 3.63) is 53.5 Å². The molecule has 47 heavy (non-hydrogen) atoms. The van der Waals surface area contributed by atoms with Gasteiger partial charge in [-0.2, -0.15) is 4.65 Å². The summed E-state index contributed by atoms with van der Waals surface area (Å²) in [5, 5.41) is 38.5. The summed E-state index contributed by atoms with van der Waals surface area (Å²) >= 11 is 0. The Bertz CT molecular complexity index is 1890. The molecule has 2 bridgehead atoms. The number of nitrogens with one attached hydrogen (secondary N) is 1. The van der Waals surface area contributed by atoms with E-state index in [9.17, 15) is 19.8 Å². The first-order valence-corrected chi connectivity index (χ1v) is 16.6. The maximum atomic E-state index is 16.9. The van der Waals surface area contributed by atoms with Crippen LogP contribution in [0.1, 0.15) is 56.8 Å². The number of hydrogen-bond acceptors (Lipinski definition) is 9. The Kier molecular flexibility index (Phi) is 7.23. The molecular weight excluding hydrogens is 605 g/mol. The van der Waals surface area contributed by atoms with Gasteiger partial charge in [-0.3, -0.25) is 4.98 Å². The lowest BCUT2D eigenvalue weighted by Gasteiger charge is -2.45. The summed E-state index contributed by atoms with van der Waals surface area (Å²) in [4.78, 5) is 16.1. The van der Waals surface area contributed by atoms with Crippen molar-refractivity contribution in [1.29, 1.82) is 0 Å². The standard InChI is InChI=1S/C34H37BF2N6O4/c1-2-23-26(36)8-5-19-13-22(44)14-24(28(19)23)30-29(37)31-25(15-38-30)32(42-16-20-6-7-21(17-42)39-20)41-27(40-31)18-47-34(35,45)33-9-3-11-43(33,46)12-4-10-33/h5,8,13-15,20-21,39,45-46H,2-4,6-7,9-12,16-18H2,1H3/p+1. The molecule has 10 nitrogen and oxygen atoms in total. The number of nitrogens with zero attached hydrogens (tertiary/aromatic N) is 5. The number of phenols is 1. The van der Waals surface area contributed by atoms with E-state index in [1.165, 1.54) is 24.4 Å². The molecule has 8 rings (SSSR count). The van der Waals surface area contributed by atoms with Crippen molar-refractivity contribution in [2.75, 3.05) is 31.1 Å². The molecule has 0 spiro atoms. The molecular formula is C34H38BF2N6O4+. The number of phenolic OH excluding ortho intramolecular Hbond substituents is 1. The van der Waals surface area contributed by atoms with E-state index >= 15 is 4.39 Å². The zero-order valence-corrected chi connectivity index (χ0v) is 26.3. The van der Waals surface area contributed by atoms with Crippen molar-refractivity contribution < 1.29 is 33.6 Å². The van der Waals surface area contributed by atoms with Gasteiger partial charge in [0.2, 0.25) is 0 Å². The number of benzene rings is 2. The number of aromatic nitrogens is 3. The number of quaternary nitrogens is 1. The van der Waals surface area contributed by atoms with E-state index in [1.807, 2.05) is 6.92 Å². The van der Waals surface area contributed by atoms with Crippen molar-refractivity contribution in [3.63, 3.8) is 0 Å². The number of fused-ring (bicyclic) bond motifs is 5. The molecule has 4 N–H and O–H groups in total. The van der Waals surface area contributed by atoms with Gasteiger partial charge in [-0.1, -0.05) is 13.0 Å². The molecule has 4 aliphatic heterocycles. The van der Waals surface area contributed by atoms with Crippen molar-refractivity contribution >= 4 is 35.3 Å². The topological polar surface area (TPSA) is 124 Å². The predicted octanol–water partition coefficient (Wildman–Crippen LogP) is 4.20. The van der Waals surface area contributed by atoms with Gasteiger partial charge in [0.1, 0.15) is 48.3 Å². The van der Waals surface area contributed by atoms with Crippen LogP contribution in [0.2, 0.25) is 0 Å². The van der Waals surface area contributed by atoms with Crippen LogP contribution in [0.15, 0.2) is 30.5 Å². The smallest absolute Gasteiger partial charge is 0.175 e. The Labute approximate surface area is 272 Å². The van der Waals surface area contributed by atoms with Gasteiger partial charge < -0.3 is 25.2 Å². The molecule has 13 heteroatoms. The second-order valence-electron chi connectivity index (χ2n) is 13.8. The van der Waals surface area contributed by atoms with E-state index in [4.69, 9.17) is 17.6 Å². The van der Waals surface area contributed by atoms with E-state index in [1.54, 1.807) is 6.07 Å². The zero-order chi connectivity index (χ0) is 32.7. The summed E-state index contributed by atoms with van der Waals surface area (Å²) in [6.07, 6.45) is 6.36. The molecule has 2 aromatic heterocycles. The fourth-order valence-electron chi connectivity index (χ4n) is 8.89. The van der Waals surface area contributed by atoms with Crippen molar-refractivity contribution in [3.8, 4) is 17.0 Å². The molecule has 2 radical (unpaired) electrons. The predicted molar refractivity (Wildman–Crippen MR) is 172 cm³/mol. The van der Waals surface area contributed by atoms with Gasteiger partial charge in [-0.05, 0) is 53.8 Å². The van der Waals surface area contributed by atoms with Crippen molar-refractivity contribution in [2.45, 2.75) is 81.8 Å². The molecule has 0 saturated carbocycles. The van der Waals surface area contributed by atoms with Gasteiger partial charge in [-0.15, -0.1) is 0 Å². The molecule has 4 fully saturated rings. The lowest BCUT2D eigenvalue weighted by molar-refractivity contribution is -1.13. The molecule has 3 atom stereocenters. The fourth-order valence-corrected chi connectivity index (χ4v) is 8.89. The lowest BCUT2D eigenvalue weighted by atomic mass is 9.72. The summed E-state index contributed by atoms with van der Waals surface area (Å²) in [7, 11) is 6.45. The first kappa shape index (κ1) is 30.8.